The lowest BCUT2D eigenvalue weighted by Crippen LogP contribution is -2.69. The van der Waals surface area contributed by atoms with Gasteiger partial charge in [0.15, 0.2) is 31.5 Å². The van der Waals surface area contributed by atoms with Crippen LogP contribution in [0.25, 0.3) is 0 Å². The van der Waals surface area contributed by atoms with Crippen molar-refractivity contribution in [2.75, 3.05) is 39.6 Å². The van der Waals surface area contributed by atoms with Crippen molar-refractivity contribution < 1.29 is 154 Å². The summed E-state index contributed by atoms with van der Waals surface area (Å²) < 4.78 is 66.9. The molecule has 4 saturated carbocycles. The van der Waals surface area contributed by atoms with E-state index >= 15 is 0 Å². The smallest absolute Gasteiger partial charge is 0.333 e. The van der Waals surface area contributed by atoms with Crippen LogP contribution >= 0.6 is 0 Å². The van der Waals surface area contributed by atoms with Crippen molar-refractivity contribution >= 4 is 11.9 Å². The SMILES string of the molecule is C=C[C@@](C)(O)CC/C=C(\C)C(=O)OC[C@H]1O[C@@H](O[C@H]2[C@H](O[C@@H]3[C@@H](O)[C@H](O[C@H]4[C@H](O)[C@@H](O[C@@H]5O[C@H](CO)[C@@H](O)[C@H](O)[C@H]5O)[C@H](O[C@H]5CC[C@]6(C)[C@H]7CC=C8[C@@H]9CC(C)(C)CC[C@]9(C(=O)O)CC[C@@]8(CO)[C@]7(C)CC[C@H]6C5(C)C)O[C@@H]4CO)O[C@H](CO)[C@H]3O)O[C@H](CO)[C@@H](O)[C@@H]2O)[C@H](O)[C@@H](O)[C@@H]1O. The molecule has 5 aliphatic carbocycles. The van der Waals surface area contributed by atoms with Crippen LogP contribution in [-0.4, -0.2) is 309 Å². The van der Waals surface area contributed by atoms with Gasteiger partial charge in [-0.2, -0.15) is 0 Å². The summed E-state index contributed by atoms with van der Waals surface area (Å²) >= 11 is 0. The van der Waals surface area contributed by atoms with Gasteiger partial charge in [0.2, 0.25) is 0 Å². The monoisotopic (exact) mass is 1450 g/mol. The molecule has 18 N–H and O–H groups in total. The van der Waals surface area contributed by atoms with Crippen molar-refractivity contribution in [3.05, 3.63) is 36.0 Å². The van der Waals surface area contributed by atoms with Crippen molar-refractivity contribution in [3.63, 3.8) is 0 Å². The number of carboxylic acid groups (broad SMARTS) is 1. The number of carbonyl (C=O) groups excluding carboxylic acids is 1. The lowest BCUT2D eigenvalue weighted by molar-refractivity contribution is -0.406. The topological polar surface area (TPSA) is 500 Å². The van der Waals surface area contributed by atoms with Crippen molar-refractivity contribution in [3.8, 4) is 0 Å². The first-order chi connectivity index (χ1) is 47.4. The van der Waals surface area contributed by atoms with Gasteiger partial charge in [-0.1, -0.05) is 65.3 Å². The number of carboxylic acids is 1. The maximum Gasteiger partial charge on any atom is 0.333 e. The molecule has 0 bridgehead atoms. The highest BCUT2D eigenvalue weighted by Crippen LogP contribution is 2.76. The van der Waals surface area contributed by atoms with Crippen molar-refractivity contribution in [2.45, 2.75) is 298 Å². The fourth-order valence-electron chi connectivity index (χ4n) is 19.3. The second kappa shape index (κ2) is 31.0. The highest BCUT2D eigenvalue weighted by Gasteiger charge is 2.71. The third-order valence-corrected chi connectivity index (χ3v) is 25.6. The van der Waals surface area contributed by atoms with E-state index in [0.717, 1.165) is 12.0 Å². The molecule has 0 amide bonds. The summed E-state index contributed by atoms with van der Waals surface area (Å²) in [4.78, 5) is 26.4. The Labute approximate surface area is 587 Å². The summed E-state index contributed by atoms with van der Waals surface area (Å²) in [7, 11) is 0. The molecule has 34 atom stereocenters. The molecule has 0 spiro atoms. The van der Waals surface area contributed by atoms with Gasteiger partial charge in [0.05, 0.1) is 50.2 Å². The van der Waals surface area contributed by atoms with Gasteiger partial charge in [-0.3, -0.25) is 4.79 Å². The van der Waals surface area contributed by atoms with Crippen LogP contribution < -0.4 is 0 Å². The zero-order valence-corrected chi connectivity index (χ0v) is 58.8. The van der Waals surface area contributed by atoms with Crippen LogP contribution in [0.2, 0.25) is 0 Å². The Hall–Kier alpha value is -2.92. The van der Waals surface area contributed by atoms with Crippen LogP contribution in [0, 0.1) is 50.2 Å². The lowest BCUT2D eigenvalue weighted by Gasteiger charge is -2.71. The molecule has 101 heavy (non-hydrogen) atoms. The van der Waals surface area contributed by atoms with Gasteiger partial charge < -0.3 is 144 Å². The van der Waals surface area contributed by atoms with E-state index < -0.39 is 232 Å². The molecule has 0 aromatic rings. The molecule has 5 heterocycles. The van der Waals surface area contributed by atoms with Gasteiger partial charge in [-0.15, -0.1) is 6.58 Å². The molecule has 578 valence electrons. The second-order valence-electron chi connectivity index (χ2n) is 32.4. The summed E-state index contributed by atoms with van der Waals surface area (Å²) in [5.74, 6) is -1.92. The minimum absolute atomic E-state index is 0.0374. The van der Waals surface area contributed by atoms with Crippen LogP contribution in [-0.2, 0) is 61.7 Å². The molecule has 10 rings (SSSR count). The summed E-state index contributed by atoms with van der Waals surface area (Å²) in [6.07, 6.45) is -37.7. The molecule has 5 saturated heterocycles. The molecular formula is C70H112O31. The Balaban J connectivity index is 0.887. The summed E-state index contributed by atoms with van der Waals surface area (Å²) in [5.41, 5.74) is -3.24. The summed E-state index contributed by atoms with van der Waals surface area (Å²) in [5, 5.41) is 201. The van der Waals surface area contributed by atoms with Crippen LogP contribution in [0.4, 0.5) is 0 Å². The number of carbonyl (C=O) groups is 2. The predicted molar refractivity (Wildman–Crippen MR) is 345 cm³/mol. The normalized spacial score (nSPS) is 48.9. The average molecular weight is 1450 g/mol. The molecule has 10 aliphatic rings. The van der Waals surface area contributed by atoms with E-state index in [1.54, 1.807) is 0 Å². The average Bonchev–Trinajstić information content (AvgIpc) is 0.673. The number of rotatable bonds is 23. The Morgan fingerprint density at radius 1 is 0.564 bits per heavy atom. The van der Waals surface area contributed by atoms with Crippen LogP contribution in [0.3, 0.4) is 0 Å². The van der Waals surface area contributed by atoms with Gasteiger partial charge in [-0.25, -0.2) is 4.79 Å². The number of hydrogen-bond acceptors (Lipinski definition) is 30. The number of hydrogen-bond donors (Lipinski definition) is 18. The predicted octanol–water partition coefficient (Wildman–Crippen LogP) is -2.46. The summed E-state index contributed by atoms with van der Waals surface area (Å²) in [6, 6.07) is 0. The van der Waals surface area contributed by atoms with Crippen molar-refractivity contribution in [2.24, 2.45) is 50.2 Å². The molecule has 0 unspecified atom stereocenters. The van der Waals surface area contributed by atoms with Gasteiger partial charge in [-0.05, 0) is 130 Å². The van der Waals surface area contributed by atoms with Crippen LogP contribution in [0.5, 0.6) is 0 Å². The van der Waals surface area contributed by atoms with Crippen molar-refractivity contribution in [1.29, 1.82) is 0 Å². The minimum atomic E-state index is -2.26. The first-order valence-electron chi connectivity index (χ1n) is 35.6. The fraction of sp³-hybridized carbons (Fsp3) is 0.886. The van der Waals surface area contributed by atoms with Gasteiger partial charge >= 0.3 is 11.9 Å². The van der Waals surface area contributed by atoms with Crippen LogP contribution in [0.1, 0.15) is 132 Å². The number of aliphatic carboxylic acids is 1. The lowest BCUT2D eigenvalue weighted by atomic mass is 9.33. The molecule has 0 radical (unpaired) electrons. The third-order valence-electron chi connectivity index (χ3n) is 25.6. The zero-order chi connectivity index (χ0) is 74.2. The van der Waals surface area contributed by atoms with Gasteiger partial charge in [0.25, 0.3) is 0 Å². The molecule has 31 nitrogen and oxygen atoms in total. The number of allylic oxidation sites excluding steroid dienone is 2. The van der Waals surface area contributed by atoms with E-state index in [1.165, 1.54) is 26.0 Å². The number of aliphatic hydroxyl groups is 17. The van der Waals surface area contributed by atoms with Gasteiger partial charge in [0, 0.05) is 11.0 Å². The molecule has 0 aromatic carbocycles. The molecular weight excluding hydrogens is 1340 g/mol. The van der Waals surface area contributed by atoms with E-state index in [1.807, 2.05) is 0 Å². The van der Waals surface area contributed by atoms with E-state index in [0.29, 0.717) is 57.8 Å². The minimum Gasteiger partial charge on any atom is -0.481 e. The highest BCUT2D eigenvalue weighted by atomic mass is 16.8. The Bertz CT molecular complexity index is 2910. The van der Waals surface area contributed by atoms with Crippen molar-refractivity contribution in [1.82, 2.24) is 0 Å². The highest BCUT2D eigenvalue weighted by molar-refractivity contribution is 5.87. The third kappa shape index (κ3) is 14.7. The molecule has 9 fully saturated rings. The van der Waals surface area contributed by atoms with E-state index in [-0.39, 0.29) is 53.6 Å². The number of esters is 1. The number of aliphatic hydroxyl groups excluding tert-OH is 16. The quantitative estimate of drug-likeness (QED) is 0.0218. The molecule has 0 aromatic heterocycles. The maximum atomic E-state index is 13.4. The number of fused-ring (bicyclic) bond motifs is 7. The zero-order valence-electron chi connectivity index (χ0n) is 58.8. The maximum absolute atomic E-state index is 13.4. The van der Waals surface area contributed by atoms with E-state index in [2.05, 4.69) is 54.2 Å². The molecule has 31 heteroatoms. The van der Waals surface area contributed by atoms with Crippen LogP contribution in [0.15, 0.2) is 36.0 Å². The van der Waals surface area contributed by atoms with E-state index in [9.17, 15) is 102 Å². The first kappa shape index (κ1) is 80.6. The number of ether oxygens (including phenoxy) is 11. The second-order valence-corrected chi connectivity index (χ2v) is 32.4. The Kier molecular flexibility index (Phi) is 24.7. The Morgan fingerprint density at radius 2 is 1.07 bits per heavy atom. The van der Waals surface area contributed by atoms with E-state index in [4.69, 9.17) is 52.1 Å². The largest absolute Gasteiger partial charge is 0.481 e. The van der Waals surface area contributed by atoms with Gasteiger partial charge in [0.1, 0.15) is 129 Å². The summed E-state index contributed by atoms with van der Waals surface area (Å²) in [6.45, 7) is 14.9. The Morgan fingerprint density at radius 3 is 1.65 bits per heavy atom. The fourth-order valence-corrected chi connectivity index (χ4v) is 19.3. The standard InChI is InChI=1S/C70H112O31/c1-10-66(7,90)17-11-12-31(2)57(87)91-29-38-44(78)47(81)50(84)59(96-38)100-55-48(82)43(77)35(26-72)94-62(55)99-54-45(79)36(27-73)93-60(52(54)86)98-53-37(28-74)95-61(56(51(53)85)101-58-49(83)46(80)42(76)34(25-71)92-58)97-41-16-18-67(8)39(65(41,5)6)15-19-68(9)40(67)14-13-32-33-24-64(3,4)20-21-69(33,63(88)89)22-23-70(32,68)30-75/h10,12-13,33-56,58-62,71-86,90H,1,11,14-30H2,2-9H3,(H,88,89)/b31-12+/t33-,34+,35+,36+,37+,38+,39-,40+,41-,42+,43+,44+,45+,46-,47-,48-,49+,50+,51-,52+,53+,54-,55+,56+,58-,59-,60-,61-,62-,66+,67-,68+,69-,70-/m0/s1. The molecule has 5 aliphatic heterocycles. The first-order valence-corrected chi connectivity index (χ1v) is 35.6.